The zero-order chi connectivity index (χ0) is 6.69. The maximum absolute atomic E-state index is 5.61. The van der Waals surface area contributed by atoms with Gasteiger partial charge in [-0.3, -0.25) is 0 Å². The van der Waals surface area contributed by atoms with Crippen molar-refractivity contribution in [2.45, 2.75) is 6.32 Å². The summed E-state index contributed by atoms with van der Waals surface area (Å²) in [5.41, 5.74) is 7.66. The molecule has 2 heteroatoms. The van der Waals surface area contributed by atoms with Crippen LogP contribution in [0.3, 0.4) is 0 Å². The lowest BCUT2D eigenvalue weighted by molar-refractivity contribution is 1.30. The van der Waals surface area contributed by atoms with E-state index in [1.807, 2.05) is 12.2 Å². The Kier molecular flexibility index (Phi) is 1.78. The molecule has 0 fully saturated rings. The van der Waals surface area contributed by atoms with Gasteiger partial charge in [0.2, 0.25) is 0 Å². The summed E-state index contributed by atoms with van der Waals surface area (Å²) in [6.07, 6.45) is 4.82. The molecule has 0 amide bonds. The Labute approximate surface area is 56.2 Å². The summed E-state index contributed by atoms with van der Waals surface area (Å²) in [7, 11) is 1.10. The number of rotatable bonds is 1. The Morgan fingerprint density at radius 2 is 2.56 bits per heavy atom. The molecule has 0 saturated carbocycles. The summed E-state index contributed by atoms with van der Waals surface area (Å²) in [6, 6.07) is 0. The van der Waals surface area contributed by atoms with Crippen LogP contribution in [0.4, 0.5) is 0 Å². The Bertz CT molecular complexity index is 179. The van der Waals surface area contributed by atoms with Crippen LogP contribution in [0.2, 0.25) is 6.32 Å². The Morgan fingerprint density at radius 3 is 3.00 bits per heavy atom. The van der Waals surface area contributed by atoms with Crippen LogP contribution in [0, 0.1) is 0 Å². The fourth-order valence-electron chi connectivity index (χ4n) is 0.920. The van der Waals surface area contributed by atoms with Crippen molar-refractivity contribution in [3.8, 4) is 0 Å². The maximum Gasteiger partial charge on any atom is 0.152 e. The second-order valence-electron chi connectivity index (χ2n) is 2.13. The molecule has 9 heavy (non-hydrogen) atoms. The highest BCUT2D eigenvalue weighted by atomic mass is 14.6. The van der Waals surface area contributed by atoms with Gasteiger partial charge in [-0.15, -0.1) is 5.98 Å². The molecular formula is C7H10BN. The van der Waals surface area contributed by atoms with E-state index in [4.69, 9.17) is 5.73 Å². The molecule has 1 aliphatic rings. The van der Waals surface area contributed by atoms with Crippen molar-refractivity contribution in [2.75, 3.05) is 0 Å². The van der Waals surface area contributed by atoms with Crippen molar-refractivity contribution in [3.63, 3.8) is 0 Å². The third kappa shape index (κ3) is 1.25. The van der Waals surface area contributed by atoms with Crippen LogP contribution in [0.15, 0.2) is 36.0 Å². The fourth-order valence-corrected chi connectivity index (χ4v) is 0.920. The lowest BCUT2D eigenvalue weighted by Crippen LogP contribution is -2.04. The van der Waals surface area contributed by atoms with Crippen LogP contribution in [-0.2, 0) is 0 Å². The molecule has 0 aromatic heterocycles. The summed E-state index contributed by atoms with van der Waals surface area (Å²) >= 11 is 0. The number of allylic oxidation sites excluding steroid dienone is 3. The average molecular weight is 119 g/mol. The summed E-state index contributed by atoms with van der Waals surface area (Å²) in [6.45, 7) is 3.66. The molecule has 0 spiro atoms. The first kappa shape index (κ1) is 6.21. The minimum Gasteiger partial charge on any atom is -0.399 e. The molecule has 0 saturated heterocycles. The van der Waals surface area contributed by atoms with E-state index in [1.54, 1.807) is 0 Å². The number of hydrogen-bond acceptors (Lipinski definition) is 1. The van der Waals surface area contributed by atoms with Gasteiger partial charge in [0.1, 0.15) is 0 Å². The van der Waals surface area contributed by atoms with Crippen LogP contribution in [0.5, 0.6) is 0 Å². The average Bonchev–Trinajstić information content (AvgIpc) is 1.89. The largest absolute Gasteiger partial charge is 0.399 e. The molecule has 0 aromatic carbocycles. The van der Waals surface area contributed by atoms with Gasteiger partial charge in [-0.1, -0.05) is 18.7 Å². The van der Waals surface area contributed by atoms with Gasteiger partial charge in [0.25, 0.3) is 0 Å². The van der Waals surface area contributed by atoms with Crippen molar-refractivity contribution < 1.29 is 0 Å². The third-order valence-electron chi connectivity index (χ3n) is 1.49. The lowest BCUT2D eigenvalue weighted by Gasteiger charge is -2.06. The van der Waals surface area contributed by atoms with Crippen LogP contribution in [-0.4, -0.2) is 7.28 Å². The van der Waals surface area contributed by atoms with Crippen LogP contribution >= 0.6 is 0 Å². The monoisotopic (exact) mass is 119 g/mol. The van der Waals surface area contributed by atoms with Gasteiger partial charge in [0.05, 0.1) is 0 Å². The Hall–Kier alpha value is -0.915. The van der Waals surface area contributed by atoms with E-state index in [-0.39, 0.29) is 0 Å². The zero-order valence-corrected chi connectivity index (χ0v) is 5.43. The highest BCUT2D eigenvalue weighted by Crippen LogP contribution is 2.11. The first-order chi connectivity index (χ1) is 4.34. The van der Waals surface area contributed by atoms with E-state index >= 15 is 0 Å². The van der Waals surface area contributed by atoms with Gasteiger partial charge >= 0.3 is 0 Å². The molecule has 0 aliphatic carbocycles. The van der Waals surface area contributed by atoms with Crippen molar-refractivity contribution in [1.82, 2.24) is 0 Å². The topological polar surface area (TPSA) is 26.0 Å². The predicted octanol–water partition coefficient (Wildman–Crippen LogP) is 0.767. The molecule has 0 radical (unpaired) electrons. The van der Waals surface area contributed by atoms with E-state index in [2.05, 4.69) is 12.6 Å². The highest BCUT2D eigenvalue weighted by Gasteiger charge is 2.00. The number of nitrogens with two attached hydrogens (primary N) is 1. The van der Waals surface area contributed by atoms with E-state index in [0.29, 0.717) is 0 Å². The SMILES string of the molecule is C=CC1=C(N)C=CBC1. The van der Waals surface area contributed by atoms with E-state index < -0.39 is 0 Å². The highest BCUT2D eigenvalue weighted by molar-refractivity contribution is 6.43. The van der Waals surface area contributed by atoms with Gasteiger partial charge in [-0.2, -0.15) is 0 Å². The molecule has 1 rings (SSSR count). The maximum atomic E-state index is 5.61. The van der Waals surface area contributed by atoms with E-state index in [9.17, 15) is 0 Å². The lowest BCUT2D eigenvalue weighted by atomic mass is 9.68. The molecule has 0 aromatic rings. The van der Waals surface area contributed by atoms with Gasteiger partial charge in [-0.25, -0.2) is 0 Å². The second-order valence-corrected chi connectivity index (χ2v) is 2.13. The van der Waals surface area contributed by atoms with Crippen molar-refractivity contribution in [1.29, 1.82) is 0 Å². The molecule has 0 bridgehead atoms. The van der Waals surface area contributed by atoms with Crippen molar-refractivity contribution in [3.05, 3.63) is 36.0 Å². The smallest absolute Gasteiger partial charge is 0.152 e. The van der Waals surface area contributed by atoms with Crippen molar-refractivity contribution >= 4 is 7.28 Å². The minimum atomic E-state index is 0.872. The van der Waals surface area contributed by atoms with Crippen LogP contribution in [0.25, 0.3) is 0 Å². The summed E-state index contributed by atoms with van der Waals surface area (Å²) in [4.78, 5) is 0. The van der Waals surface area contributed by atoms with Gasteiger partial charge in [0, 0.05) is 5.70 Å². The molecule has 0 unspecified atom stereocenters. The molecule has 46 valence electrons. The second kappa shape index (κ2) is 2.58. The normalized spacial score (nSPS) is 17.3. The first-order valence-corrected chi connectivity index (χ1v) is 3.12. The third-order valence-corrected chi connectivity index (χ3v) is 1.49. The van der Waals surface area contributed by atoms with Gasteiger partial charge < -0.3 is 5.73 Å². The molecule has 0 atom stereocenters. The Balaban J connectivity index is 2.84. The fraction of sp³-hybridized carbons (Fsp3) is 0.143. The van der Waals surface area contributed by atoms with Gasteiger partial charge in [-0.05, 0) is 11.9 Å². The van der Waals surface area contributed by atoms with Crippen LogP contribution in [0.1, 0.15) is 0 Å². The molecule has 1 aliphatic heterocycles. The predicted molar refractivity (Wildman–Crippen MR) is 42.5 cm³/mol. The van der Waals surface area contributed by atoms with Crippen molar-refractivity contribution in [2.24, 2.45) is 5.73 Å². The molecule has 1 nitrogen and oxygen atoms in total. The van der Waals surface area contributed by atoms with E-state index in [0.717, 1.165) is 19.3 Å². The first-order valence-electron chi connectivity index (χ1n) is 3.12. The molecular weight excluding hydrogens is 109 g/mol. The summed E-state index contributed by atoms with van der Waals surface area (Å²) in [5, 5.41) is 0. The molecule has 1 heterocycles. The summed E-state index contributed by atoms with van der Waals surface area (Å²) in [5.74, 6) is 2.09. The standard InChI is InChI=1S/C7H10BN/c1-2-6-5-8-4-3-7(6)9/h2-4,8H,1,5,9H2. The zero-order valence-electron chi connectivity index (χ0n) is 5.43. The quantitative estimate of drug-likeness (QED) is 0.506. The Morgan fingerprint density at radius 1 is 1.78 bits per heavy atom. The van der Waals surface area contributed by atoms with Gasteiger partial charge in [0.15, 0.2) is 7.28 Å². The van der Waals surface area contributed by atoms with Crippen LogP contribution < -0.4 is 5.73 Å². The summed E-state index contributed by atoms with van der Waals surface area (Å²) < 4.78 is 0. The van der Waals surface area contributed by atoms with E-state index in [1.165, 1.54) is 5.57 Å². The molecule has 2 N–H and O–H groups in total. The number of hydrogen-bond donors (Lipinski definition) is 1. The minimum absolute atomic E-state index is 0.872.